The van der Waals surface area contributed by atoms with E-state index >= 15 is 26.3 Å². The van der Waals surface area contributed by atoms with Crippen molar-refractivity contribution in [1.29, 1.82) is 0 Å². The maximum atomic E-state index is 15.3. The normalized spacial score (nSPS) is 22.7. The Balaban J connectivity index is 4.32. The van der Waals surface area contributed by atoms with Gasteiger partial charge in [0, 0.05) is 6.08 Å². The minimum absolute atomic E-state index is 0.317. The standard InChI is InChI=1S/C39H20F52O12/c1-3-12(92)94-8-10-4-6-11(7-5-10)9-95-13(93)15(41,24(52,53)54)96-33(78,79)16(42,25(55,56)57)98-35(82,83)18(44,27(61,62)63)100-37(86,87)20(46,29(67,68)69)102-39(90,91)22(48,31(73,74)75)103-38(88,89)21(47,30(70,71)72)101-36(84,85)19(45,28(64,65)66)99-34(80,81)17(43,26(58,59)60)97-32(76,77)14(2,40)23(49,50)51/h3,10-11H,1,4-9H2,2H3. The summed E-state index contributed by atoms with van der Waals surface area (Å²) in [5, 5.41) is 0. The molecule has 1 saturated carbocycles. The molecule has 9 atom stereocenters. The number of alkyl halides is 52. The molecule has 12 nitrogen and oxygen atoms in total. The molecule has 0 aromatic heterocycles. The first-order valence-corrected chi connectivity index (χ1v) is 23.6. The molecular formula is C39H20F52O12. The van der Waals surface area contributed by atoms with Gasteiger partial charge in [-0.25, -0.2) is 14.0 Å². The van der Waals surface area contributed by atoms with E-state index in [0.29, 0.717) is 29.8 Å². The average Bonchev–Trinajstić information content (AvgIpc) is 0.710. The number of halogens is 52. The van der Waals surface area contributed by atoms with Gasteiger partial charge in [0.15, 0.2) is 0 Å². The molecule has 0 aliphatic heterocycles. The fraction of sp³-hybridized carbons (Fsp3) is 0.897. The summed E-state index contributed by atoms with van der Waals surface area (Å²) < 4.78 is 751. The van der Waals surface area contributed by atoms with E-state index in [1.165, 1.54) is 0 Å². The minimum atomic E-state index is -10.3. The number of ether oxygens (including phenoxy) is 10. The van der Waals surface area contributed by atoms with E-state index in [4.69, 9.17) is 0 Å². The molecular weight excluding hydrogens is 1650 g/mol. The van der Waals surface area contributed by atoms with Gasteiger partial charge in [-0.05, 0) is 44.4 Å². The van der Waals surface area contributed by atoms with Gasteiger partial charge in [-0.15, -0.1) is 0 Å². The van der Waals surface area contributed by atoms with Gasteiger partial charge >= 0.3 is 163 Å². The monoisotopic (exact) mass is 1670 g/mol. The zero-order valence-electron chi connectivity index (χ0n) is 46.2. The van der Waals surface area contributed by atoms with Crippen molar-refractivity contribution >= 4 is 11.9 Å². The van der Waals surface area contributed by atoms with Crippen molar-refractivity contribution in [2.75, 3.05) is 13.2 Å². The lowest BCUT2D eigenvalue weighted by Crippen LogP contribution is -2.74. The van der Waals surface area contributed by atoms with E-state index in [9.17, 15) is 212 Å². The van der Waals surface area contributed by atoms with Crippen LogP contribution in [-0.4, -0.2) is 182 Å². The Labute approximate surface area is 525 Å². The molecule has 1 rings (SSSR count). The Morgan fingerprint density at radius 2 is 0.447 bits per heavy atom. The average molecular weight is 1670 g/mol. The molecule has 0 saturated heterocycles. The molecule has 0 heterocycles. The van der Waals surface area contributed by atoms with E-state index in [-0.39, 0.29) is 12.8 Å². The third kappa shape index (κ3) is 17.3. The van der Waals surface area contributed by atoms with E-state index in [0.717, 1.165) is 9.47 Å². The highest BCUT2D eigenvalue weighted by Crippen LogP contribution is 2.65. The zero-order valence-corrected chi connectivity index (χ0v) is 46.2. The number of hydrogen-bond acceptors (Lipinski definition) is 12. The van der Waals surface area contributed by atoms with Crippen LogP contribution in [0.15, 0.2) is 12.7 Å². The van der Waals surface area contributed by atoms with Crippen LogP contribution in [0, 0.1) is 11.8 Å². The molecule has 0 aromatic rings. The Morgan fingerprint density at radius 1 is 0.272 bits per heavy atom. The summed E-state index contributed by atoms with van der Waals surface area (Å²) in [6.07, 6.45) is -161. The molecule has 0 N–H and O–H groups in total. The van der Waals surface area contributed by atoms with Crippen LogP contribution in [0.3, 0.4) is 0 Å². The van der Waals surface area contributed by atoms with Gasteiger partial charge in [0.2, 0.25) is 0 Å². The van der Waals surface area contributed by atoms with Crippen molar-refractivity contribution < 1.29 is 285 Å². The molecule has 1 fully saturated rings. The van der Waals surface area contributed by atoms with E-state index in [1.807, 2.05) is 0 Å². The molecule has 0 amide bonds. The number of esters is 2. The predicted octanol–water partition coefficient (Wildman–Crippen LogP) is 18.1. The van der Waals surface area contributed by atoms with Crippen LogP contribution in [0.25, 0.3) is 0 Å². The molecule has 0 spiro atoms. The smallest absolute Gasteiger partial charge is 0.460 e. The molecule has 0 bridgehead atoms. The number of carbonyl (C=O) groups excluding carboxylic acids is 2. The van der Waals surface area contributed by atoms with Gasteiger partial charge in [0.25, 0.3) is 5.67 Å². The van der Waals surface area contributed by atoms with E-state index < -0.39 is 214 Å². The van der Waals surface area contributed by atoms with Gasteiger partial charge < -0.3 is 9.47 Å². The van der Waals surface area contributed by atoms with Crippen LogP contribution >= 0.6 is 0 Å². The SMILES string of the molecule is C=CC(=O)OCC1CCC(COC(=O)C(F)(OC(F)(F)C(F)(OC(F)(F)C(F)(OC(F)(F)C(F)(OC(F)(F)C(F)(OC(F)(F)C(F)(OC(F)(F)C(F)(OC(F)(F)C(F)(OC(F)(F)C(C)(F)C(F)(F)F)C(F)(F)F)C(F)(F)F)C(F)(F)F)C(F)(F)F)C(F)(F)F)C(F)(F)F)C(F)(F)F)C(F)(F)F)CC1. The summed E-state index contributed by atoms with van der Waals surface area (Å²) in [5.74, 6) is -85.1. The maximum Gasteiger partial charge on any atom is 0.460 e. The number of rotatable bonds is 30. The van der Waals surface area contributed by atoms with Crippen LogP contribution in [0.4, 0.5) is 228 Å². The second-order valence-corrected chi connectivity index (χ2v) is 19.5. The van der Waals surface area contributed by atoms with Gasteiger partial charge in [0.1, 0.15) is 0 Å². The predicted molar refractivity (Wildman–Crippen MR) is 201 cm³/mol. The van der Waals surface area contributed by atoms with Crippen molar-refractivity contribution in [3.05, 3.63) is 12.7 Å². The maximum absolute atomic E-state index is 15.3. The fourth-order valence-corrected chi connectivity index (χ4v) is 6.43. The lowest BCUT2D eigenvalue weighted by atomic mass is 9.83. The van der Waals surface area contributed by atoms with E-state index in [2.05, 4.69) is 16.1 Å². The summed E-state index contributed by atoms with van der Waals surface area (Å²) in [6, 6.07) is 0. The topological polar surface area (TPSA) is 126 Å². The number of hydrogen-bond donors (Lipinski definition) is 0. The Hall–Kier alpha value is -5.28. The van der Waals surface area contributed by atoms with Crippen molar-refractivity contribution in [2.45, 2.75) is 190 Å². The third-order valence-electron chi connectivity index (χ3n) is 12.1. The Kier molecular flexibility index (Phi) is 25.5. The van der Waals surface area contributed by atoms with Crippen LogP contribution in [0.2, 0.25) is 0 Å². The fourth-order valence-electron chi connectivity index (χ4n) is 6.43. The summed E-state index contributed by atoms with van der Waals surface area (Å²) in [6.45, 7) is -1.44. The van der Waals surface area contributed by atoms with Crippen molar-refractivity contribution in [3.8, 4) is 0 Å². The highest BCUT2D eigenvalue weighted by Gasteiger charge is 2.94. The highest BCUT2D eigenvalue weighted by molar-refractivity contribution is 5.81. The van der Waals surface area contributed by atoms with Crippen molar-refractivity contribution in [3.63, 3.8) is 0 Å². The second kappa shape index (κ2) is 27.4. The van der Waals surface area contributed by atoms with Crippen LogP contribution in [-0.2, 0) is 57.0 Å². The highest BCUT2D eigenvalue weighted by atomic mass is 19.5. The van der Waals surface area contributed by atoms with Crippen LogP contribution in [0.5, 0.6) is 0 Å². The molecule has 1 aliphatic rings. The largest absolute Gasteiger partial charge is 0.462 e. The van der Waals surface area contributed by atoms with Crippen molar-refractivity contribution in [2.24, 2.45) is 11.8 Å². The van der Waals surface area contributed by atoms with Crippen molar-refractivity contribution in [1.82, 2.24) is 0 Å². The molecule has 9 unspecified atom stereocenters. The van der Waals surface area contributed by atoms with Gasteiger partial charge in [-0.2, -0.15) is 224 Å². The van der Waals surface area contributed by atoms with E-state index in [1.54, 1.807) is 4.74 Å². The summed E-state index contributed by atoms with van der Waals surface area (Å²) in [7, 11) is 0. The summed E-state index contributed by atoms with van der Waals surface area (Å²) in [5.41, 5.74) is -7.31. The Morgan fingerprint density at radius 3 is 0.612 bits per heavy atom. The van der Waals surface area contributed by atoms with Crippen LogP contribution < -0.4 is 0 Å². The first-order valence-electron chi connectivity index (χ1n) is 23.6. The third-order valence-corrected chi connectivity index (χ3v) is 12.1. The zero-order chi connectivity index (χ0) is 83.3. The minimum Gasteiger partial charge on any atom is -0.462 e. The van der Waals surface area contributed by atoms with Gasteiger partial charge in [0.05, 0.1) is 13.2 Å². The molecule has 0 radical (unpaired) electrons. The molecule has 64 heteroatoms. The summed E-state index contributed by atoms with van der Waals surface area (Å²) >= 11 is 0. The quantitative estimate of drug-likeness (QED) is 0.0386. The summed E-state index contributed by atoms with van der Waals surface area (Å²) in [4.78, 5) is 23.3. The van der Waals surface area contributed by atoms with Gasteiger partial charge in [-0.1, -0.05) is 6.58 Å². The van der Waals surface area contributed by atoms with Gasteiger partial charge in [-0.3, -0.25) is 37.9 Å². The molecule has 612 valence electrons. The molecule has 1 aliphatic carbocycles. The number of carbonyl (C=O) groups is 2. The van der Waals surface area contributed by atoms with Crippen LogP contribution in [0.1, 0.15) is 32.6 Å². The molecule has 103 heavy (non-hydrogen) atoms. The first-order chi connectivity index (χ1) is 44.2. The second-order valence-electron chi connectivity index (χ2n) is 19.5. The Bertz CT molecular complexity index is 2930. The lowest BCUT2D eigenvalue weighted by molar-refractivity contribution is -0.610. The first kappa shape index (κ1) is 95.7. The lowest BCUT2D eigenvalue weighted by Gasteiger charge is -2.45. The molecule has 0 aromatic carbocycles.